The number of fused-ring (bicyclic) bond motifs is 3. The molecule has 0 aromatic heterocycles. The lowest BCUT2D eigenvalue weighted by Gasteiger charge is -2.27. The van der Waals surface area contributed by atoms with Crippen molar-refractivity contribution in [3.63, 3.8) is 0 Å². The second-order valence-corrected chi connectivity index (χ2v) is 6.95. The third-order valence-electron chi connectivity index (χ3n) is 5.46. The molecule has 0 spiro atoms. The maximum Gasteiger partial charge on any atom is 0.226 e. The molecule has 0 radical (unpaired) electrons. The van der Waals surface area contributed by atoms with Gasteiger partial charge in [-0.15, -0.1) is 0 Å². The largest absolute Gasteiger partial charge is 0.486 e. The molecule has 2 aliphatic carbocycles. The Morgan fingerprint density at radius 3 is 2.73 bits per heavy atom. The normalized spacial score (nSPS) is 28.7. The number of ether oxygens (including phenoxy) is 2. The monoisotopic (exact) mass is 301 g/mol. The van der Waals surface area contributed by atoms with Gasteiger partial charge in [0.1, 0.15) is 13.2 Å². The van der Waals surface area contributed by atoms with Crippen LogP contribution in [0.3, 0.4) is 0 Å². The minimum atomic E-state index is 0.265. The maximum atomic E-state index is 12.7. The fourth-order valence-corrected chi connectivity index (χ4v) is 4.37. The second kappa shape index (κ2) is 5.49. The lowest BCUT2D eigenvalue weighted by atomic mass is 9.88. The lowest BCUT2D eigenvalue weighted by Crippen LogP contribution is -2.35. The molecule has 1 heterocycles. The number of amides is 1. The summed E-state index contributed by atoms with van der Waals surface area (Å²) < 4.78 is 11.2. The summed E-state index contributed by atoms with van der Waals surface area (Å²) in [6.45, 7) is 1.84. The first-order valence-electron chi connectivity index (χ1n) is 8.34. The fraction of sp³-hybridized carbons (Fsp3) is 0.611. The van der Waals surface area contributed by atoms with Crippen molar-refractivity contribution in [1.82, 2.24) is 4.90 Å². The summed E-state index contributed by atoms with van der Waals surface area (Å²) in [5.41, 5.74) is 1.10. The Morgan fingerprint density at radius 1 is 1.18 bits per heavy atom. The first kappa shape index (κ1) is 13.9. The number of hydrogen-bond donors (Lipinski definition) is 0. The molecule has 4 rings (SSSR count). The number of rotatable bonds is 3. The van der Waals surface area contributed by atoms with Crippen molar-refractivity contribution in [3.05, 3.63) is 23.8 Å². The van der Waals surface area contributed by atoms with Crippen LogP contribution in [0.25, 0.3) is 0 Å². The van der Waals surface area contributed by atoms with Gasteiger partial charge in [-0.1, -0.05) is 12.5 Å². The molecule has 1 amide bonds. The number of carbonyl (C=O) groups is 1. The van der Waals surface area contributed by atoms with Gasteiger partial charge < -0.3 is 14.4 Å². The third kappa shape index (κ3) is 2.44. The molecule has 3 atom stereocenters. The molecule has 118 valence electrons. The second-order valence-electron chi connectivity index (χ2n) is 6.95. The molecule has 0 saturated heterocycles. The fourth-order valence-electron chi connectivity index (χ4n) is 4.37. The first-order chi connectivity index (χ1) is 10.7. The van der Waals surface area contributed by atoms with Crippen LogP contribution in [-0.4, -0.2) is 31.1 Å². The average molecular weight is 301 g/mol. The Balaban J connectivity index is 1.43. The molecule has 1 aromatic carbocycles. The van der Waals surface area contributed by atoms with Crippen LogP contribution in [-0.2, 0) is 11.3 Å². The Bertz CT molecular complexity index is 586. The highest BCUT2D eigenvalue weighted by atomic mass is 16.6. The van der Waals surface area contributed by atoms with Gasteiger partial charge in [0, 0.05) is 19.5 Å². The lowest BCUT2D eigenvalue weighted by molar-refractivity contribution is -0.136. The Kier molecular flexibility index (Phi) is 3.47. The first-order valence-corrected chi connectivity index (χ1v) is 8.34. The van der Waals surface area contributed by atoms with E-state index in [4.69, 9.17) is 9.47 Å². The van der Waals surface area contributed by atoms with Crippen LogP contribution in [0.5, 0.6) is 11.5 Å². The summed E-state index contributed by atoms with van der Waals surface area (Å²) >= 11 is 0. The molecule has 0 N–H and O–H groups in total. The van der Waals surface area contributed by atoms with Crippen molar-refractivity contribution in [2.75, 3.05) is 20.3 Å². The van der Waals surface area contributed by atoms with Crippen molar-refractivity contribution < 1.29 is 14.3 Å². The highest BCUT2D eigenvalue weighted by Crippen LogP contribution is 2.48. The molecule has 4 heteroatoms. The topological polar surface area (TPSA) is 38.8 Å². The molecular weight excluding hydrogens is 278 g/mol. The quantitative estimate of drug-likeness (QED) is 0.861. The Hall–Kier alpha value is -1.71. The molecule has 3 unspecified atom stereocenters. The van der Waals surface area contributed by atoms with E-state index in [2.05, 4.69) is 0 Å². The van der Waals surface area contributed by atoms with Gasteiger partial charge in [-0.3, -0.25) is 4.79 Å². The molecule has 2 saturated carbocycles. The summed E-state index contributed by atoms with van der Waals surface area (Å²) in [6.07, 6.45) is 4.96. The SMILES string of the molecule is CN(Cc1ccc2c(c1)OCCO2)C(=O)C1CC2CCC1C2. The van der Waals surface area contributed by atoms with Gasteiger partial charge in [0.05, 0.1) is 0 Å². The summed E-state index contributed by atoms with van der Waals surface area (Å²) in [5, 5.41) is 0. The summed E-state index contributed by atoms with van der Waals surface area (Å²) in [7, 11) is 1.92. The van der Waals surface area contributed by atoms with Gasteiger partial charge in [0.2, 0.25) is 5.91 Å². The van der Waals surface area contributed by atoms with Gasteiger partial charge >= 0.3 is 0 Å². The van der Waals surface area contributed by atoms with E-state index < -0.39 is 0 Å². The Morgan fingerprint density at radius 2 is 2.00 bits per heavy atom. The highest BCUT2D eigenvalue weighted by Gasteiger charge is 2.43. The van der Waals surface area contributed by atoms with Crippen LogP contribution in [0.2, 0.25) is 0 Å². The van der Waals surface area contributed by atoms with Crippen LogP contribution in [0.15, 0.2) is 18.2 Å². The predicted molar refractivity (Wildman–Crippen MR) is 82.8 cm³/mol. The van der Waals surface area contributed by atoms with Crippen LogP contribution in [0.1, 0.15) is 31.2 Å². The predicted octanol–water partition coefficient (Wildman–Crippen LogP) is 2.85. The van der Waals surface area contributed by atoms with Crippen molar-refractivity contribution in [1.29, 1.82) is 0 Å². The van der Waals surface area contributed by atoms with Gasteiger partial charge in [0.15, 0.2) is 11.5 Å². The van der Waals surface area contributed by atoms with E-state index in [1.54, 1.807) is 0 Å². The van der Waals surface area contributed by atoms with Crippen molar-refractivity contribution in [3.8, 4) is 11.5 Å². The molecule has 1 aliphatic heterocycles. The van der Waals surface area contributed by atoms with E-state index >= 15 is 0 Å². The third-order valence-corrected chi connectivity index (χ3v) is 5.46. The number of carbonyl (C=O) groups excluding carboxylic acids is 1. The van der Waals surface area contributed by atoms with E-state index in [0.29, 0.717) is 31.6 Å². The zero-order chi connectivity index (χ0) is 15.1. The highest BCUT2D eigenvalue weighted by molar-refractivity contribution is 5.79. The summed E-state index contributed by atoms with van der Waals surface area (Å²) in [4.78, 5) is 14.6. The van der Waals surface area contributed by atoms with Crippen LogP contribution in [0, 0.1) is 17.8 Å². The van der Waals surface area contributed by atoms with Gasteiger partial charge in [-0.25, -0.2) is 0 Å². The number of benzene rings is 1. The molecule has 2 fully saturated rings. The van der Waals surface area contributed by atoms with E-state index in [-0.39, 0.29) is 5.92 Å². The van der Waals surface area contributed by atoms with Crippen LogP contribution in [0.4, 0.5) is 0 Å². The number of nitrogens with zero attached hydrogens (tertiary/aromatic N) is 1. The molecule has 22 heavy (non-hydrogen) atoms. The molecule has 1 aromatic rings. The zero-order valence-electron chi connectivity index (χ0n) is 13.1. The van der Waals surface area contributed by atoms with Crippen molar-refractivity contribution in [2.45, 2.75) is 32.2 Å². The van der Waals surface area contributed by atoms with E-state index in [9.17, 15) is 4.79 Å². The van der Waals surface area contributed by atoms with Gasteiger partial charge in [-0.2, -0.15) is 0 Å². The molecule has 4 nitrogen and oxygen atoms in total. The van der Waals surface area contributed by atoms with E-state index in [1.165, 1.54) is 19.3 Å². The molecule has 3 aliphatic rings. The maximum absolute atomic E-state index is 12.7. The summed E-state index contributed by atoms with van der Waals surface area (Å²) in [5.74, 6) is 3.63. The average Bonchev–Trinajstić information content (AvgIpc) is 3.17. The smallest absolute Gasteiger partial charge is 0.226 e. The van der Waals surface area contributed by atoms with Crippen LogP contribution >= 0.6 is 0 Å². The minimum Gasteiger partial charge on any atom is -0.486 e. The summed E-state index contributed by atoms with van der Waals surface area (Å²) in [6, 6.07) is 5.97. The van der Waals surface area contributed by atoms with E-state index in [0.717, 1.165) is 29.4 Å². The van der Waals surface area contributed by atoms with Gasteiger partial charge in [0.25, 0.3) is 0 Å². The standard InChI is InChI=1S/C18H23NO3/c1-19(18(20)15-9-12-2-4-14(15)8-12)11-13-3-5-16-17(10-13)22-7-6-21-16/h3,5,10,12,14-15H,2,4,6-9,11H2,1H3. The number of hydrogen-bond acceptors (Lipinski definition) is 3. The zero-order valence-corrected chi connectivity index (χ0v) is 13.1. The van der Waals surface area contributed by atoms with E-state index in [1.807, 2.05) is 30.1 Å². The van der Waals surface area contributed by atoms with Crippen molar-refractivity contribution in [2.24, 2.45) is 17.8 Å². The molecular formula is C18H23NO3. The Labute approximate surface area is 131 Å². The molecule has 2 bridgehead atoms. The van der Waals surface area contributed by atoms with Gasteiger partial charge in [-0.05, 0) is 48.8 Å². The van der Waals surface area contributed by atoms with Crippen LogP contribution < -0.4 is 9.47 Å². The van der Waals surface area contributed by atoms with Crippen molar-refractivity contribution >= 4 is 5.91 Å². The minimum absolute atomic E-state index is 0.265.